The number of rotatable bonds is 6. The van der Waals surface area contributed by atoms with Crippen molar-refractivity contribution < 1.29 is 19.5 Å². The van der Waals surface area contributed by atoms with Crippen LogP contribution < -0.4 is 0 Å². The van der Waals surface area contributed by atoms with Crippen molar-refractivity contribution in [3.63, 3.8) is 0 Å². The van der Waals surface area contributed by atoms with Crippen LogP contribution in [0.2, 0.25) is 0 Å². The fourth-order valence-corrected chi connectivity index (χ4v) is 2.28. The normalized spacial score (nSPS) is 16.1. The number of aliphatic carboxylic acids is 1. The predicted molar refractivity (Wildman–Crippen MR) is 77.7 cm³/mol. The van der Waals surface area contributed by atoms with E-state index in [0.29, 0.717) is 32.5 Å². The van der Waals surface area contributed by atoms with Crippen LogP contribution in [-0.4, -0.2) is 84.4 Å². The second-order valence-electron chi connectivity index (χ2n) is 5.58. The van der Waals surface area contributed by atoms with Crippen LogP contribution in [0.25, 0.3) is 0 Å². The van der Waals surface area contributed by atoms with E-state index in [1.807, 2.05) is 6.92 Å². The Labute approximate surface area is 125 Å². The van der Waals surface area contributed by atoms with Crippen molar-refractivity contribution >= 4 is 17.8 Å². The van der Waals surface area contributed by atoms with Gasteiger partial charge >= 0.3 is 5.97 Å². The molecule has 0 radical (unpaired) electrons. The molecule has 0 aliphatic carbocycles. The molecular weight excluding hydrogens is 274 g/mol. The second-order valence-corrected chi connectivity index (χ2v) is 5.58. The van der Waals surface area contributed by atoms with Gasteiger partial charge in [-0.3, -0.25) is 19.3 Å². The summed E-state index contributed by atoms with van der Waals surface area (Å²) in [7, 11) is 3.38. The quantitative estimate of drug-likeness (QED) is 0.729. The number of piperidine rings is 1. The summed E-state index contributed by atoms with van der Waals surface area (Å²) in [4.78, 5) is 39.8. The van der Waals surface area contributed by atoms with Gasteiger partial charge in [0.05, 0.1) is 19.0 Å². The van der Waals surface area contributed by atoms with Crippen molar-refractivity contribution in [1.82, 2.24) is 14.7 Å². The highest BCUT2D eigenvalue weighted by molar-refractivity contribution is 5.81. The molecule has 0 atom stereocenters. The largest absolute Gasteiger partial charge is 0.481 e. The Kier molecular flexibility index (Phi) is 6.61. The van der Waals surface area contributed by atoms with E-state index in [0.717, 1.165) is 0 Å². The maximum Gasteiger partial charge on any atom is 0.306 e. The van der Waals surface area contributed by atoms with Gasteiger partial charge in [-0.1, -0.05) is 6.92 Å². The number of carboxylic acid groups (broad SMARTS) is 1. The number of carbonyl (C=O) groups excluding carboxylic acids is 2. The standard InChI is InChI=1S/C14H25N3O4/c1-4-16(9-12(18)15(2)3)10-13(19)17-7-5-11(6-8-17)14(20)21/h11H,4-10H2,1-3H3,(H,20,21). The maximum absolute atomic E-state index is 12.2. The van der Waals surface area contributed by atoms with Crippen molar-refractivity contribution in [3.8, 4) is 0 Å². The van der Waals surface area contributed by atoms with E-state index in [2.05, 4.69) is 0 Å². The third-order valence-corrected chi connectivity index (χ3v) is 3.86. The lowest BCUT2D eigenvalue weighted by Gasteiger charge is -2.32. The van der Waals surface area contributed by atoms with Crippen LogP contribution in [0.1, 0.15) is 19.8 Å². The SMILES string of the molecule is CCN(CC(=O)N(C)C)CC(=O)N1CCC(C(=O)O)CC1. The molecule has 120 valence electrons. The first-order valence-corrected chi connectivity index (χ1v) is 7.28. The Morgan fingerprint density at radius 2 is 1.71 bits per heavy atom. The lowest BCUT2D eigenvalue weighted by atomic mass is 9.97. The molecule has 0 aromatic heterocycles. The first kappa shape index (κ1) is 17.4. The minimum atomic E-state index is -0.783. The molecule has 0 spiro atoms. The zero-order chi connectivity index (χ0) is 16.0. The van der Waals surface area contributed by atoms with Crippen molar-refractivity contribution in [2.45, 2.75) is 19.8 Å². The van der Waals surface area contributed by atoms with E-state index in [9.17, 15) is 14.4 Å². The van der Waals surface area contributed by atoms with Crippen LogP contribution in [0.4, 0.5) is 0 Å². The second kappa shape index (κ2) is 7.97. The van der Waals surface area contributed by atoms with Gasteiger partial charge in [0.2, 0.25) is 11.8 Å². The number of carbonyl (C=O) groups is 3. The third-order valence-electron chi connectivity index (χ3n) is 3.86. The molecule has 7 nitrogen and oxygen atoms in total. The number of likely N-dealkylation sites (N-methyl/N-ethyl adjacent to an activating group) is 2. The Morgan fingerprint density at radius 3 is 2.14 bits per heavy atom. The van der Waals surface area contributed by atoms with Crippen LogP contribution in [0.15, 0.2) is 0 Å². The number of nitrogens with zero attached hydrogens (tertiary/aromatic N) is 3. The lowest BCUT2D eigenvalue weighted by Crippen LogP contribution is -2.47. The van der Waals surface area contributed by atoms with Gasteiger partial charge in [-0.15, -0.1) is 0 Å². The summed E-state index contributed by atoms with van der Waals surface area (Å²) >= 11 is 0. The predicted octanol–water partition coefficient (Wildman–Crippen LogP) is -0.280. The molecule has 1 heterocycles. The van der Waals surface area contributed by atoms with E-state index >= 15 is 0 Å². The molecule has 0 aromatic rings. The van der Waals surface area contributed by atoms with Gasteiger partial charge in [0.1, 0.15) is 0 Å². The van der Waals surface area contributed by atoms with E-state index in [1.54, 1.807) is 23.9 Å². The number of hydrogen-bond donors (Lipinski definition) is 1. The fourth-order valence-electron chi connectivity index (χ4n) is 2.28. The molecular formula is C14H25N3O4. The van der Waals surface area contributed by atoms with Crippen molar-refractivity contribution in [2.75, 3.05) is 46.8 Å². The van der Waals surface area contributed by atoms with Crippen LogP contribution in [0, 0.1) is 5.92 Å². The van der Waals surface area contributed by atoms with Gasteiger partial charge in [0, 0.05) is 27.2 Å². The van der Waals surface area contributed by atoms with E-state index in [1.165, 1.54) is 4.90 Å². The third kappa shape index (κ3) is 5.34. The summed E-state index contributed by atoms with van der Waals surface area (Å²) in [5, 5.41) is 8.94. The first-order chi connectivity index (χ1) is 9.85. The number of likely N-dealkylation sites (tertiary alicyclic amines) is 1. The Hall–Kier alpha value is -1.63. The average Bonchev–Trinajstić information content (AvgIpc) is 2.46. The molecule has 0 aromatic carbocycles. The van der Waals surface area contributed by atoms with Crippen LogP contribution in [-0.2, 0) is 14.4 Å². The molecule has 1 fully saturated rings. The van der Waals surface area contributed by atoms with Gasteiger partial charge in [0.15, 0.2) is 0 Å². The molecule has 0 unspecified atom stereocenters. The van der Waals surface area contributed by atoms with Crippen LogP contribution >= 0.6 is 0 Å². The van der Waals surface area contributed by atoms with Gasteiger partial charge in [-0.05, 0) is 19.4 Å². The highest BCUT2D eigenvalue weighted by Gasteiger charge is 2.27. The molecule has 1 aliphatic heterocycles. The van der Waals surface area contributed by atoms with Crippen molar-refractivity contribution in [1.29, 1.82) is 0 Å². The molecule has 1 N–H and O–H groups in total. The Morgan fingerprint density at radius 1 is 1.14 bits per heavy atom. The molecule has 2 amide bonds. The van der Waals surface area contributed by atoms with Crippen molar-refractivity contribution in [3.05, 3.63) is 0 Å². The molecule has 1 aliphatic rings. The molecule has 21 heavy (non-hydrogen) atoms. The molecule has 1 rings (SSSR count). The summed E-state index contributed by atoms with van der Waals surface area (Å²) in [6, 6.07) is 0. The van der Waals surface area contributed by atoms with E-state index in [-0.39, 0.29) is 30.8 Å². The zero-order valence-electron chi connectivity index (χ0n) is 13.0. The summed E-state index contributed by atoms with van der Waals surface area (Å²) in [6.45, 7) is 3.92. The summed E-state index contributed by atoms with van der Waals surface area (Å²) in [6.07, 6.45) is 1.01. The smallest absolute Gasteiger partial charge is 0.306 e. The highest BCUT2D eigenvalue weighted by Crippen LogP contribution is 2.17. The zero-order valence-corrected chi connectivity index (χ0v) is 13.0. The minimum Gasteiger partial charge on any atom is -0.481 e. The minimum absolute atomic E-state index is 0.0331. The topological polar surface area (TPSA) is 81.2 Å². The fraction of sp³-hybridized carbons (Fsp3) is 0.786. The number of carboxylic acids is 1. The maximum atomic E-state index is 12.2. The molecule has 7 heteroatoms. The van der Waals surface area contributed by atoms with Crippen LogP contribution in [0.3, 0.4) is 0 Å². The van der Waals surface area contributed by atoms with E-state index < -0.39 is 5.97 Å². The number of amides is 2. The monoisotopic (exact) mass is 299 g/mol. The van der Waals surface area contributed by atoms with E-state index in [4.69, 9.17) is 5.11 Å². The van der Waals surface area contributed by atoms with Gasteiger partial charge in [0.25, 0.3) is 0 Å². The van der Waals surface area contributed by atoms with Gasteiger partial charge in [-0.25, -0.2) is 0 Å². The van der Waals surface area contributed by atoms with Gasteiger partial charge < -0.3 is 14.9 Å². The lowest BCUT2D eigenvalue weighted by molar-refractivity contribution is -0.146. The summed E-state index contributed by atoms with van der Waals surface area (Å²) in [5.74, 6) is -1.19. The van der Waals surface area contributed by atoms with Gasteiger partial charge in [-0.2, -0.15) is 0 Å². The first-order valence-electron chi connectivity index (χ1n) is 7.28. The summed E-state index contributed by atoms with van der Waals surface area (Å²) in [5.41, 5.74) is 0. The summed E-state index contributed by atoms with van der Waals surface area (Å²) < 4.78 is 0. The average molecular weight is 299 g/mol. The molecule has 0 saturated carbocycles. The molecule has 1 saturated heterocycles. The van der Waals surface area contributed by atoms with Crippen molar-refractivity contribution in [2.24, 2.45) is 5.92 Å². The Balaban J connectivity index is 2.45. The molecule has 0 bridgehead atoms. The highest BCUT2D eigenvalue weighted by atomic mass is 16.4. The van der Waals surface area contributed by atoms with Crippen LogP contribution in [0.5, 0.6) is 0 Å². The number of hydrogen-bond acceptors (Lipinski definition) is 4. The Bertz CT molecular complexity index is 390.